The lowest BCUT2D eigenvalue weighted by Crippen LogP contribution is -2.54. The number of hydrogen-bond acceptors (Lipinski definition) is 3. The minimum absolute atomic E-state index is 0.0792. The molecule has 1 aromatic carbocycles. The van der Waals surface area contributed by atoms with E-state index in [1.807, 2.05) is 25.7 Å². The van der Waals surface area contributed by atoms with Crippen molar-refractivity contribution in [2.75, 3.05) is 19.6 Å². The zero-order chi connectivity index (χ0) is 22.3. The van der Waals surface area contributed by atoms with Gasteiger partial charge in [-0.05, 0) is 48.4 Å². The first-order valence-electron chi connectivity index (χ1n) is 10.3. The monoisotopic (exact) mass is 417 g/mol. The van der Waals surface area contributed by atoms with Crippen LogP contribution in [-0.2, 0) is 9.59 Å². The molecular formula is C23H32FN3O3. The highest BCUT2D eigenvalue weighted by Crippen LogP contribution is 2.25. The van der Waals surface area contributed by atoms with E-state index in [1.165, 1.54) is 24.3 Å². The largest absolute Gasteiger partial charge is 0.351 e. The Hall–Kier alpha value is -2.70. The summed E-state index contributed by atoms with van der Waals surface area (Å²) in [5, 5.41) is 5.55. The predicted octanol–water partition coefficient (Wildman–Crippen LogP) is 2.90. The molecule has 0 aromatic heterocycles. The third-order valence-electron chi connectivity index (χ3n) is 5.14. The molecule has 1 aliphatic heterocycles. The van der Waals surface area contributed by atoms with Crippen LogP contribution >= 0.6 is 0 Å². The number of rotatable bonds is 7. The smallest absolute Gasteiger partial charge is 0.251 e. The van der Waals surface area contributed by atoms with Gasteiger partial charge in [-0.2, -0.15) is 0 Å². The fraction of sp³-hybridized carbons (Fsp3) is 0.522. The number of likely N-dealkylation sites (tertiary alicyclic amines) is 1. The van der Waals surface area contributed by atoms with Crippen LogP contribution in [0.15, 0.2) is 36.9 Å². The highest BCUT2D eigenvalue weighted by molar-refractivity contribution is 5.97. The van der Waals surface area contributed by atoms with Crippen LogP contribution < -0.4 is 10.6 Å². The Bertz CT molecular complexity index is 763. The Balaban J connectivity index is 2.05. The van der Waals surface area contributed by atoms with Crippen LogP contribution in [0.4, 0.5) is 4.39 Å². The lowest BCUT2D eigenvalue weighted by molar-refractivity contribution is -0.134. The van der Waals surface area contributed by atoms with Gasteiger partial charge in [0.05, 0.1) is 0 Å². The topological polar surface area (TPSA) is 78.5 Å². The van der Waals surface area contributed by atoms with Crippen molar-refractivity contribution in [3.63, 3.8) is 0 Å². The van der Waals surface area contributed by atoms with Crippen molar-refractivity contribution >= 4 is 17.7 Å². The SMILES string of the molecule is C=CCNC(=O)C(NC(=O)c1ccc(F)cc1)C1CCN(C(=O)CC(C)(C)C)CC1. The molecule has 3 amide bonds. The fourth-order valence-electron chi connectivity index (χ4n) is 3.55. The standard InChI is InChI=1S/C23H32FN3O3/c1-5-12-25-22(30)20(26-21(29)17-6-8-18(24)9-7-17)16-10-13-27(14-11-16)19(28)15-23(2,3)4/h5-9,16,20H,1,10-15H2,2-4H3,(H,25,30)(H,26,29). The highest BCUT2D eigenvalue weighted by Gasteiger charge is 2.34. The molecule has 1 heterocycles. The van der Waals surface area contributed by atoms with Crippen molar-refractivity contribution in [2.45, 2.75) is 46.1 Å². The minimum Gasteiger partial charge on any atom is -0.351 e. The Morgan fingerprint density at radius 3 is 2.33 bits per heavy atom. The number of hydrogen-bond donors (Lipinski definition) is 2. The molecule has 2 rings (SSSR count). The summed E-state index contributed by atoms with van der Waals surface area (Å²) >= 11 is 0. The molecule has 1 unspecified atom stereocenters. The van der Waals surface area contributed by atoms with Crippen molar-refractivity contribution in [2.24, 2.45) is 11.3 Å². The van der Waals surface area contributed by atoms with E-state index in [9.17, 15) is 18.8 Å². The minimum atomic E-state index is -0.734. The molecule has 0 aliphatic carbocycles. The molecule has 1 fully saturated rings. The van der Waals surface area contributed by atoms with Crippen LogP contribution in [0.1, 0.15) is 50.4 Å². The number of nitrogens with zero attached hydrogens (tertiary/aromatic N) is 1. The van der Waals surface area contributed by atoms with Crippen LogP contribution in [-0.4, -0.2) is 48.3 Å². The first-order chi connectivity index (χ1) is 14.1. The second-order valence-electron chi connectivity index (χ2n) is 8.95. The number of piperidine rings is 1. The van der Waals surface area contributed by atoms with Gasteiger partial charge < -0.3 is 15.5 Å². The summed E-state index contributed by atoms with van der Waals surface area (Å²) in [7, 11) is 0. The maximum atomic E-state index is 13.1. The molecule has 0 spiro atoms. The van der Waals surface area contributed by atoms with Gasteiger partial charge in [-0.1, -0.05) is 26.8 Å². The van der Waals surface area contributed by atoms with Crippen LogP contribution in [0.5, 0.6) is 0 Å². The van der Waals surface area contributed by atoms with E-state index in [1.54, 1.807) is 6.08 Å². The van der Waals surface area contributed by atoms with E-state index in [2.05, 4.69) is 17.2 Å². The number of carbonyl (C=O) groups is 3. The summed E-state index contributed by atoms with van der Waals surface area (Å²) in [5.74, 6) is -1.13. The van der Waals surface area contributed by atoms with E-state index in [0.717, 1.165) is 0 Å². The molecule has 1 aromatic rings. The van der Waals surface area contributed by atoms with Gasteiger partial charge in [-0.3, -0.25) is 14.4 Å². The average Bonchev–Trinajstić information content (AvgIpc) is 2.69. The molecule has 0 saturated carbocycles. The van der Waals surface area contributed by atoms with E-state index in [4.69, 9.17) is 0 Å². The molecule has 1 aliphatic rings. The number of halogens is 1. The molecule has 0 radical (unpaired) electrons. The Labute approximate surface area is 177 Å². The summed E-state index contributed by atoms with van der Waals surface area (Å²) in [6, 6.07) is 4.46. The summed E-state index contributed by atoms with van der Waals surface area (Å²) in [6.45, 7) is 11.1. The lowest BCUT2D eigenvalue weighted by atomic mass is 9.87. The van der Waals surface area contributed by atoms with Gasteiger partial charge in [-0.15, -0.1) is 6.58 Å². The van der Waals surface area contributed by atoms with Crippen molar-refractivity contribution in [1.82, 2.24) is 15.5 Å². The highest BCUT2D eigenvalue weighted by atomic mass is 19.1. The molecule has 0 bridgehead atoms. The summed E-state index contributed by atoms with van der Waals surface area (Å²) in [5.41, 5.74) is 0.209. The maximum Gasteiger partial charge on any atom is 0.251 e. The maximum absolute atomic E-state index is 13.1. The van der Waals surface area contributed by atoms with Crippen molar-refractivity contribution in [3.8, 4) is 0 Å². The summed E-state index contributed by atoms with van der Waals surface area (Å²) in [4.78, 5) is 39.7. The van der Waals surface area contributed by atoms with Crippen LogP contribution in [0.3, 0.4) is 0 Å². The van der Waals surface area contributed by atoms with E-state index in [-0.39, 0.29) is 28.7 Å². The Kier molecular flexibility index (Phi) is 8.15. The first kappa shape index (κ1) is 23.6. The number of amides is 3. The molecular weight excluding hydrogens is 385 g/mol. The summed E-state index contributed by atoms with van der Waals surface area (Å²) in [6.07, 6.45) is 3.28. The second-order valence-corrected chi connectivity index (χ2v) is 8.95. The molecule has 1 saturated heterocycles. The van der Waals surface area contributed by atoms with Crippen molar-refractivity contribution in [1.29, 1.82) is 0 Å². The van der Waals surface area contributed by atoms with Gasteiger partial charge in [0.2, 0.25) is 11.8 Å². The molecule has 6 nitrogen and oxygen atoms in total. The number of nitrogens with one attached hydrogen (secondary N) is 2. The van der Waals surface area contributed by atoms with Gasteiger partial charge >= 0.3 is 0 Å². The number of benzene rings is 1. The van der Waals surface area contributed by atoms with E-state index >= 15 is 0 Å². The van der Waals surface area contributed by atoms with Gasteiger partial charge in [0.25, 0.3) is 5.91 Å². The van der Waals surface area contributed by atoms with Crippen LogP contribution in [0.25, 0.3) is 0 Å². The zero-order valence-electron chi connectivity index (χ0n) is 18.0. The quantitative estimate of drug-likeness (QED) is 0.670. The molecule has 2 N–H and O–H groups in total. The second kappa shape index (κ2) is 10.4. The van der Waals surface area contributed by atoms with Gasteiger partial charge in [-0.25, -0.2) is 4.39 Å². The van der Waals surface area contributed by atoms with Crippen molar-refractivity contribution in [3.05, 3.63) is 48.3 Å². The third kappa shape index (κ3) is 6.97. The lowest BCUT2D eigenvalue weighted by Gasteiger charge is -2.36. The van der Waals surface area contributed by atoms with Gasteiger partial charge in [0.15, 0.2) is 0 Å². The molecule has 7 heteroatoms. The van der Waals surface area contributed by atoms with Crippen LogP contribution in [0.2, 0.25) is 0 Å². The predicted molar refractivity (Wildman–Crippen MR) is 114 cm³/mol. The zero-order valence-corrected chi connectivity index (χ0v) is 18.0. The van der Waals surface area contributed by atoms with Gasteiger partial charge in [0, 0.05) is 31.6 Å². The third-order valence-corrected chi connectivity index (χ3v) is 5.14. The first-order valence-corrected chi connectivity index (χ1v) is 10.3. The van der Waals surface area contributed by atoms with Crippen molar-refractivity contribution < 1.29 is 18.8 Å². The van der Waals surface area contributed by atoms with E-state index < -0.39 is 17.8 Å². The molecule has 1 atom stereocenters. The van der Waals surface area contributed by atoms with E-state index in [0.29, 0.717) is 38.9 Å². The van der Waals surface area contributed by atoms with Gasteiger partial charge in [0.1, 0.15) is 11.9 Å². The summed E-state index contributed by atoms with van der Waals surface area (Å²) < 4.78 is 13.1. The normalized spacial score (nSPS) is 15.9. The van der Waals surface area contributed by atoms with Crippen LogP contribution in [0, 0.1) is 17.2 Å². The Morgan fingerprint density at radius 1 is 1.20 bits per heavy atom. The Morgan fingerprint density at radius 2 is 1.80 bits per heavy atom. The fourth-order valence-corrected chi connectivity index (χ4v) is 3.55. The average molecular weight is 418 g/mol. The number of carbonyl (C=O) groups excluding carboxylic acids is 3. The molecule has 30 heavy (non-hydrogen) atoms. The molecule has 164 valence electrons.